The maximum Gasteiger partial charge on any atom is 0.407 e. The fourth-order valence-corrected chi connectivity index (χ4v) is 1.91. The van der Waals surface area contributed by atoms with Crippen LogP contribution in [0.1, 0.15) is 43.1 Å². The average molecular weight is 339 g/mol. The van der Waals surface area contributed by atoms with E-state index in [2.05, 4.69) is 5.32 Å². The quantitative estimate of drug-likeness (QED) is 0.742. The summed E-state index contributed by atoms with van der Waals surface area (Å²) >= 11 is 0. The molecule has 0 atom stereocenters. The number of rotatable bonds is 7. The maximum absolute atomic E-state index is 11.5. The van der Waals surface area contributed by atoms with E-state index in [1.54, 1.807) is 27.7 Å². The van der Waals surface area contributed by atoms with E-state index in [1.807, 2.05) is 0 Å². The summed E-state index contributed by atoms with van der Waals surface area (Å²) in [5.74, 6) is -0.148. The van der Waals surface area contributed by atoms with E-state index < -0.39 is 17.7 Å². The normalized spacial score (nSPS) is 10.9. The lowest BCUT2D eigenvalue weighted by atomic mass is 10.1. The third-order valence-corrected chi connectivity index (χ3v) is 3.03. The van der Waals surface area contributed by atoms with E-state index >= 15 is 0 Å². The number of alkyl carbamates (subject to hydrolysis) is 1. The smallest absolute Gasteiger partial charge is 0.407 e. The zero-order chi connectivity index (χ0) is 18.3. The Labute approximate surface area is 141 Å². The van der Waals surface area contributed by atoms with Crippen LogP contribution in [0, 0.1) is 6.92 Å². The van der Waals surface area contributed by atoms with Crippen molar-refractivity contribution in [2.75, 3.05) is 20.3 Å². The fourth-order valence-electron chi connectivity index (χ4n) is 1.91. The van der Waals surface area contributed by atoms with Crippen molar-refractivity contribution in [2.45, 2.75) is 39.7 Å². The molecule has 0 saturated heterocycles. The first kappa shape index (κ1) is 19.6. The Hall–Kier alpha value is -2.44. The number of carboxylic acids is 1. The second-order valence-corrected chi connectivity index (χ2v) is 6.24. The highest BCUT2D eigenvalue weighted by atomic mass is 16.6. The van der Waals surface area contributed by atoms with Crippen LogP contribution in [0.25, 0.3) is 0 Å². The number of hydrogen-bond acceptors (Lipinski definition) is 5. The molecule has 0 aliphatic carbocycles. The van der Waals surface area contributed by atoms with Gasteiger partial charge in [0.05, 0.1) is 19.3 Å². The summed E-state index contributed by atoms with van der Waals surface area (Å²) in [4.78, 5) is 22.6. The van der Waals surface area contributed by atoms with Crippen LogP contribution in [0.15, 0.2) is 12.1 Å². The van der Waals surface area contributed by atoms with Crippen LogP contribution in [0.5, 0.6) is 11.5 Å². The molecule has 0 aliphatic rings. The summed E-state index contributed by atoms with van der Waals surface area (Å²) in [6.07, 6.45) is 0.0754. The molecule has 0 saturated carbocycles. The van der Waals surface area contributed by atoms with Crippen molar-refractivity contribution in [3.05, 3.63) is 23.3 Å². The molecular weight excluding hydrogens is 314 g/mol. The molecule has 0 unspecified atom stereocenters. The zero-order valence-corrected chi connectivity index (χ0v) is 14.8. The molecule has 1 aromatic rings. The standard InChI is InChI=1S/C17H25NO6/c1-11-13(22-5)9-12(15(19)20)10-14(11)23-8-6-7-18-16(21)24-17(2,3)4/h9-10H,6-8H2,1-5H3,(H,18,21)(H,19,20). The van der Waals surface area contributed by atoms with Crippen molar-refractivity contribution in [3.63, 3.8) is 0 Å². The number of methoxy groups -OCH3 is 1. The first-order chi connectivity index (χ1) is 11.1. The van der Waals surface area contributed by atoms with Gasteiger partial charge in [0.1, 0.15) is 17.1 Å². The molecule has 0 aliphatic heterocycles. The van der Waals surface area contributed by atoms with Crippen LogP contribution < -0.4 is 14.8 Å². The lowest BCUT2D eigenvalue weighted by Gasteiger charge is -2.19. The molecule has 1 aromatic carbocycles. The fraction of sp³-hybridized carbons (Fsp3) is 0.529. The predicted octanol–water partition coefficient (Wildman–Crippen LogP) is 3.00. The number of ether oxygens (including phenoxy) is 3. The Morgan fingerprint density at radius 3 is 2.38 bits per heavy atom. The summed E-state index contributed by atoms with van der Waals surface area (Å²) in [6.45, 7) is 7.88. The van der Waals surface area contributed by atoms with Crippen molar-refractivity contribution in [1.82, 2.24) is 5.32 Å². The largest absolute Gasteiger partial charge is 0.496 e. The second kappa shape index (κ2) is 8.42. The van der Waals surface area contributed by atoms with E-state index in [0.29, 0.717) is 31.1 Å². The molecule has 0 radical (unpaired) electrons. The number of carboxylic acid groups (broad SMARTS) is 1. The Morgan fingerprint density at radius 1 is 1.21 bits per heavy atom. The second-order valence-electron chi connectivity index (χ2n) is 6.24. The van der Waals surface area contributed by atoms with E-state index in [9.17, 15) is 9.59 Å². The van der Waals surface area contributed by atoms with E-state index in [4.69, 9.17) is 19.3 Å². The van der Waals surface area contributed by atoms with Gasteiger partial charge >= 0.3 is 12.1 Å². The Kier molecular flexibility index (Phi) is 6.88. The van der Waals surface area contributed by atoms with Crippen LogP contribution in [0.2, 0.25) is 0 Å². The van der Waals surface area contributed by atoms with Crippen LogP contribution in [0.4, 0.5) is 4.79 Å². The molecule has 24 heavy (non-hydrogen) atoms. The van der Waals surface area contributed by atoms with Crippen LogP contribution in [0.3, 0.4) is 0 Å². The molecule has 0 spiro atoms. The molecule has 2 N–H and O–H groups in total. The lowest BCUT2D eigenvalue weighted by molar-refractivity contribution is 0.0524. The first-order valence-electron chi connectivity index (χ1n) is 7.65. The lowest BCUT2D eigenvalue weighted by Crippen LogP contribution is -2.33. The van der Waals surface area contributed by atoms with Gasteiger partial charge in [-0.3, -0.25) is 0 Å². The third kappa shape index (κ3) is 6.36. The van der Waals surface area contributed by atoms with Gasteiger partial charge < -0.3 is 24.6 Å². The highest BCUT2D eigenvalue weighted by Gasteiger charge is 2.16. The van der Waals surface area contributed by atoms with E-state index in [-0.39, 0.29) is 5.56 Å². The summed E-state index contributed by atoms with van der Waals surface area (Å²) in [5.41, 5.74) is 0.285. The van der Waals surface area contributed by atoms with Gasteiger partial charge in [0.15, 0.2) is 0 Å². The molecule has 0 aromatic heterocycles. The molecule has 0 heterocycles. The number of carbonyl (C=O) groups is 2. The van der Waals surface area contributed by atoms with Crippen LogP contribution >= 0.6 is 0 Å². The van der Waals surface area contributed by atoms with Gasteiger partial charge in [0, 0.05) is 12.1 Å². The van der Waals surface area contributed by atoms with Crippen LogP contribution in [-0.2, 0) is 4.74 Å². The molecular formula is C17H25NO6. The third-order valence-electron chi connectivity index (χ3n) is 3.03. The average Bonchev–Trinajstić information content (AvgIpc) is 2.46. The van der Waals surface area contributed by atoms with Crippen molar-refractivity contribution >= 4 is 12.1 Å². The van der Waals surface area contributed by atoms with Gasteiger partial charge in [-0.15, -0.1) is 0 Å². The van der Waals surface area contributed by atoms with Gasteiger partial charge in [-0.25, -0.2) is 9.59 Å². The van der Waals surface area contributed by atoms with Gasteiger partial charge in [0.2, 0.25) is 0 Å². The Morgan fingerprint density at radius 2 is 1.83 bits per heavy atom. The summed E-state index contributed by atoms with van der Waals surface area (Å²) in [6, 6.07) is 2.91. The molecule has 0 fully saturated rings. The topological polar surface area (TPSA) is 94.1 Å². The van der Waals surface area contributed by atoms with Gasteiger partial charge in [-0.1, -0.05) is 0 Å². The van der Waals surface area contributed by atoms with Crippen molar-refractivity contribution in [3.8, 4) is 11.5 Å². The van der Waals surface area contributed by atoms with Crippen LogP contribution in [-0.4, -0.2) is 43.0 Å². The highest BCUT2D eigenvalue weighted by molar-refractivity contribution is 5.89. The minimum absolute atomic E-state index is 0.0966. The number of nitrogens with one attached hydrogen (secondary N) is 1. The first-order valence-corrected chi connectivity index (χ1v) is 7.65. The molecule has 0 bridgehead atoms. The van der Waals surface area contributed by atoms with Gasteiger partial charge in [0.25, 0.3) is 0 Å². The minimum Gasteiger partial charge on any atom is -0.496 e. The van der Waals surface area contributed by atoms with E-state index in [1.165, 1.54) is 19.2 Å². The monoisotopic (exact) mass is 339 g/mol. The van der Waals surface area contributed by atoms with Crippen molar-refractivity contribution < 1.29 is 28.9 Å². The Balaban J connectivity index is 2.52. The zero-order valence-electron chi connectivity index (χ0n) is 14.8. The number of aromatic carboxylic acids is 1. The highest BCUT2D eigenvalue weighted by Crippen LogP contribution is 2.29. The van der Waals surface area contributed by atoms with E-state index in [0.717, 1.165) is 5.56 Å². The summed E-state index contributed by atoms with van der Waals surface area (Å²) in [5, 5.41) is 11.7. The summed E-state index contributed by atoms with van der Waals surface area (Å²) < 4.78 is 15.9. The minimum atomic E-state index is -1.05. The number of benzene rings is 1. The predicted molar refractivity (Wildman–Crippen MR) is 89.0 cm³/mol. The molecule has 134 valence electrons. The molecule has 1 rings (SSSR count). The molecule has 1 amide bonds. The number of carbonyl (C=O) groups excluding carboxylic acids is 1. The van der Waals surface area contributed by atoms with Crippen molar-refractivity contribution in [2.24, 2.45) is 0 Å². The SMILES string of the molecule is COc1cc(C(=O)O)cc(OCCCNC(=O)OC(C)(C)C)c1C. The number of amides is 1. The molecule has 7 heteroatoms. The summed E-state index contributed by atoms with van der Waals surface area (Å²) in [7, 11) is 1.47. The van der Waals surface area contributed by atoms with Crippen molar-refractivity contribution in [1.29, 1.82) is 0 Å². The van der Waals surface area contributed by atoms with Gasteiger partial charge in [-0.2, -0.15) is 0 Å². The number of hydrogen-bond donors (Lipinski definition) is 2. The Bertz CT molecular complexity index is 591. The maximum atomic E-state index is 11.5. The van der Waals surface area contributed by atoms with Gasteiger partial charge in [-0.05, 0) is 46.2 Å². The molecule has 7 nitrogen and oxygen atoms in total.